The summed E-state index contributed by atoms with van der Waals surface area (Å²) in [5.74, 6) is 0.222. The summed E-state index contributed by atoms with van der Waals surface area (Å²) in [6, 6.07) is -0.206. The minimum Gasteiger partial charge on any atom is -0.331 e. The lowest BCUT2D eigenvalue weighted by atomic mass is 9.98. The first-order valence-electron chi connectivity index (χ1n) is 7.14. The van der Waals surface area contributed by atoms with Gasteiger partial charge in [0.1, 0.15) is 6.04 Å². The van der Waals surface area contributed by atoms with Crippen molar-refractivity contribution in [1.82, 2.24) is 14.8 Å². The van der Waals surface area contributed by atoms with E-state index in [1.807, 2.05) is 12.3 Å². The Hall–Kier alpha value is -1.43. The maximum atomic E-state index is 12.4. The number of fused-ring (bicyclic) bond motifs is 1. The minimum absolute atomic E-state index is 0.101. The van der Waals surface area contributed by atoms with Gasteiger partial charge < -0.3 is 9.80 Å². The highest BCUT2D eigenvalue weighted by atomic mass is 32.1. The molecular weight excluding hydrogens is 274 g/mol. The third-order valence-corrected chi connectivity index (χ3v) is 4.87. The van der Waals surface area contributed by atoms with Crippen LogP contribution in [0.4, 0.5) is 0 Å². The summed E-state index contributed by atoms with van der Waals surface area (Å²) >= 11 is 1.62. The second-order valence-electron chi connectivity index (χ2n) is 5.47. The quantitative estimate of drug-likeness (QED) is 0.842. The summed E-state index contributed by atoms with van der Waals surface area (Å²) in [4.78, 5) is 32.5. The molecule has 2 saturated heterocycles. The van der Waals surface area contributed by atoms with Gasteiger partial charge in [-0.2, -0.15) is 0 Å². The van der Waals surface area contributed by atoms with Gasteiger partial charge in [0, 0.05) is 24.9 Å². The fourth-order valence-corrected chi connectivity index (χ4v) is 3.64. The van der Waals surface area contributed by atoms with Crippen molar-refractivity contribution in [2.75, 3.05) is 19.6 Å². The van der Waals surface area contributed by atoms with Crippen LogP contribution in [0.25, 0.3) is 0 Å². The molecule has 20 heavy (non-hydrogen) atoms. The van der Waals surface area contributed by atoms with Crippen LogP contribution < -0.4 is 0 Å². The molecule has 1 aromatic heterocycles. The van der Waals surface area contributed by atoms with Crippen molar-refractivity contribution in [3.63, 3.8) is 0 Å². The van der Waals surface area contributed by atoms with Gasteiger partial charge in [0.2, 0.25) is 11.8 Å². The van der Waals surface area contributed by atoms with Gasteiger partial charge in [-0.05, 0) is 26.2 Å². The third kappa shape index (κ3) is 2.57. The third-order valence-electron chi connectivity index (χ3n) is 4.05. The number of thiazole rings is 1. The van der Waals surface area contributed by atoms with Gasteiger partial charge in [-0.15, -0.1) is 11.3 Å². The number of nitrogens with zero attached hydrogens (tertiary/aromatic N) is 3. The van der Waals surface area contributed by atoms with Crippen molar-refractivity contribution in [3.8, 4) is 0 Å². The Labute approximate surface area is 122 Å². The van der Waals surface area contributed by atoms with E-state index in [-0.39, 0.29) is 24.4 Å². The second-order valence-corrected chi connectivity index (χ2v) is 6.53. The lowest BCUT2D eigenvalue weighted by molar-refractivity contribution is -0.157. The average molecular weight is 293 g/mol. The molecule has 0 saturated carbocycles. The molecule has 2 fully saturated rings. The fraction of sp³-hybridized carbons (Fsp3) is 0.643. The average Bonchev–Trinajstić information content (AvgIpc) is 2.87. The lowest BCUT2D eigenvalue weighted by Gasteiger charge is -2.42. The molecule has 2 aliphatic heterocycles. The normalized spacial score (nSPS) is 23.1. The maximum Gasteiger partial charge on any atom is 0.245 e. The van der Waals surface area contributed by atoms with E-state index < -0.39 is 0 Å². The van der Waals surface area contributed by atoms with E-state index in [1.165, 1.54) is 0 Å². The van der Waals surface area contributed by atoms with Crippen LogP contribution in [0.3, 0.4) is 0 Å². The summed E-state index contributed by atoms with van der Waals surface area (Å²) in [5.41, 5.74) is 1.01. The van der Waals surface area contributed by atoms with E-state index in [4.69, 9.17) is 0 Å². The number of aryl methyl sites for hydroxylation is 1. The Morgan fingerprint density at radius 1 is 1.40 bits per heavy atom. The van der Waals surface area contributed by atoms with Gasteiger partial charge in [0.25, 0.3) is 0 Å². The first-order valence-corrected chi connectivity index (χ1v) is 8.02. The number of piperazine rings is 1. The van der Waals surface area contributed by atoms with Gasteiger partial charge in [0.15, 0.2) is 0 Å². The molecule has 3 heterocycles. The Morgan fingerprint density at radius 3 is 3.00 bits per heavy atom. The van der Waals surface area contributed by atoms with Crippen LogP contribution in [0.5, 0.6) is 0 Å². The molecule has 5 nitrogen and oxygen atoms in total. The van der Waals surface area contributed by atoms with Gasteiger partial charge in [0.05, 0.1) is 17.2 Å². The molecule has 0 N–H and O–H groups in total. The highest BCUT2D eigenvalue weighted by Gasteiger charge is 2.39. The number of carbonyl (C=O) groups excluding carboxylic acids is 2. The molecule has 1 unspecified atom stereocenters. The number of piperidine rings is 1. The predicted octanol–water partition coefficient (Wildman–Crippen LogP) is 1.22. The van der Waals surface area contributed by atoms with E-state index in [0.29, 0.717) is 6.54 Å². The summed E-state index contributed by atoms with van der Waals surface area (Å²) < 4.78 is 0. The monoisotopic (exact) mass is 293 g/mol. The van der Waals surface area contributed by atoms with Crippen molar-refractivity contribution in [3.05, 3.63) is 16.1 Å². The fourth-order valence-electron chi connectivity index (χ4n) is 2.99. The number of aromatic nitrogens is 1. The number of hydrogen-bond acceptors (Lipinski definition) is 4. The van der Waals surface area contributed by atoms with Crippen LogP contribution in [0.15, 0.2) is 5.38 Å². The summed E-state index contributed by atoms with van der Waals surface area (Å²) in [5, 5.41) is 3.07. The topological polar surface area (TPSA) is 53.5 Å². The highest BCUT2D eigenvalue weighted by Crippen LogP contribution is 2.23. The second kappa shape index (κ2) is 5.52. The van der Waals surface area contributed by atoms with Crippen LogP contribution in [0.1, 0.15) is 30.0 Å². The Balaban J connectivity index is 1.64. The van der Waals surface area contributed by atoms with Crippen LogP contribution >= 0.6 is 11.3 Å². The zero-order valence-electron chi connectivity index (χ0n) is 11.7. The van der Waals surface area contributed by atoms with Gasteiger partial charge in [-0.3, -0.25) is 9.59 Å². The zero-order chi connectivity index (χ0) is 14.1. The van der Waals surface area contributed by atoms with Crippen molar-refractivity contribution in [1.29, 1.82) is 0 Å². The molecule has 6 heteroatoms. The number of amides is 2. The molecule has 2 aliphatic rings. The van der Waals surface area contributed by atoms with E-state index in [2.05, 4.69) is 4.98 Å². The van der Waals surface area contributed by atoms with Gasteiger partial charge >= 0.3 is 0 Å². The molecule has 3 rings (SSSR count). The van der Waals surface area contributed by atoms with Crippen molar-refractivity contribution in [2.45, 2.75) is 38.6 Å². The van der Waals surface area contributed by atoms with E-state index in [0.717, 1.165) is 42.9 Å². The minimum atomic E-state index is -0.206. The van der Waals surface area contributed by atoms with E-state index in [1.54, 1.807) is 21.1 Å². The summed E-state index contributed by atoms with van der Waals surface area (Å²) in [6.45, 7) is 3.55. The first-order chi connectivity index (χ1) is 9.65. The molecule has 0 bridgehead atoms. The molecule has 0 spiro atoms. The van der Waals surface area contributed by atoms with Crippen LogP contribution in [-0.4, -0.2) is 52.3 Å². The largest absolute Gasteiger partial charge is 0.331 e. The molecule has 1 atom stereocenters. The Morgan fingerprint density at radius 2 is 2.25 bits per heavy atom. The zero-order valence-corrected chi connectivity index (χ0v) is 12.5. The lowest BCUT2D eigenvalue weighted by Crippen LogP contribution is -2.61. The standard InChI is InChI=1S/C14H19N3O2S/c1-10-15-11(9-20-10)5-7-16-8-13(18)17-6-3-2-4-12(17)14(16)19/h9,12H,2-8H2,1H3. The van der Waals surface area contributed by atoms with Crippen molar-refractivity contribution in [2.24, 2.45) is 0 Å². The Bertz CT molecular complexity index is 528. The van der Waals surface area contributed by atoms with Crippen LogP contribution in [0, 0.1) is 6.92 Å². The molecule has 1 aromatic rings. The van der Waals surface area contributed by atoms with E-state index in [9.17, 15) is 9.59 Å². The number of carbonyl (C=O) groups is 2. The highest BCUT2D eigenvalue weighted by molar-refractivity contribution is 7.09. The maximum absolute atomic E-state index is 12.4. The summed E-state index contributed by atoms with van der Waals surface area (Å²) in [6.07, 6.45) is 3.61. The predicted molar refractivity (Wildman–Crippen MR) is 76.5 cm³/mol. The number of hydrogen-bond donors (Lipinski definition) is 0. The van der Waals surface area contributed by atoms with Gasteiger partial charge in [-0.25, -0.2) is 4.98 Å². The molecule has 0 aliphatic carbocycles. The molecule has 0 radical (unpaired) electrons. The van der Waals surface area contributed by atoms with E-state index >= 15 is 0 Å². The van der Waals surface area contributed by atoms with Crippen molar-refractivity contribution >= 4 is 23.2 Å². The SMILES string of the molecule is Cc1nc(CCN2CC(=O)N3CCCCC3C2=O)cs1. The Kier molecular flexibility index (Phi) is 3.74. The molecule has 2 amide bonds. The van der Waals surface area contributed by atoms with Crippen LogP contribution in [0.2, 0.25) is 0 Å². The molecule has 0 aromatic carbocycles. The molecule has 108 valence electrons. The van der Waals surface area contributed by atoms with Gasteiger partial charge in [-0.1, -0.05) is 0 Å². The number of rotatable bonds is 3. The smallest absolute Gasteiger partial charge is 0.245 e. The molecular formula is C14H19N3O2S. The summed E-state index contributed by atoms with van der Waals surface area (Å²) in [7, 11) is 0. The van der Waals surface area contributed by atoms with Crippen molar-refractivity contribution < 1.29 is 9.59 Å². The van der Waals surface area contributed by atoms with Crippen LogP contribution in [-0.2, 0) is 16.0 Å². The first kappa shape index (κ1) is 13.5.